The van der Waals surface area contributed by atoms with Gasteiger partial charge >= 0.3 is 0 Å². The highest BCUT2D eigenvalue weighted by Crippen LogP contribution is 2.33. The summed E-state index contributed by atoms with van der Waals surface area (Å²) in [4.78, 5) is 11.4. The van der Waals surface area contributed by atoms with Crippen LogP contribution in [0.25, 0.3) is 16.3 Å². The molecule has 1 aliphatic rings. The van der Waals surface area contributed by atoms with E-state index in [1.807, 2.05) is 37.3 Å². The number of nitrogens with zero attached hydrogens (tertiary/aromatic N) is 1. The highest BCUT2D eigenvalue weighted by molar-refractivity contribution is 9.12. The van der Waals surface area contributed by atoms with E-state index in [2.05, 4.69) is 61.3 Å². The van der Waals surface area contributed by atoms with Crippen molar-refractivity contribution >= 4 is 60.7 Å². The van der Waals surface area contributed by atoms with E-state index < -0.39 is 0 Å². The summed E-state index contributed by atoms with van der Waals surface area (Å²) >= 11 is 7.25. The third-order valence-corrected chi connectivity index (χ3v) is 6.08. The van der Waals surface area contributed by atoms with Gasteiger partial charge in [-0.3, -0.25) is 4.79 Å². The number of halogens is 2. The number of allylic oxidation sites excluding steroid dienone is 8. The first kappa shape index (κ1) is 20.5. The van der Waals surface area contributed by atoms with E-state index in [-0.39, 0.29) is 0 Å². The number of carbonyl (C=O) groups is 1. The zero-order valence-electron chi connectivity index (χ0n) is 15.3. The number of fused-ring (bicyclic) bond motifs is 1. The molecule has 142 valence electrons. The number of benzene rings is 2. The van der Waals surface area contributed by atoms with Crippen molar-refractivity contribution < 1.29 is 10.0 Å². The normalized spacial score (nSPS) is 18.2. The van der Waals surface area contributed by atoms with Crippen LogP contribution in [-0.4, -0.2) is 17.7 Å². The maximum absolute atomic E-state index is 11.4. The van der Waals surface area contributed by atoms with Gasteiger partial charge in [-0.25, -0.2) is 0 Å². The molecule has 0 bridgehead atoms. The Balaban J connectivity index is 2.06. The van der Waals surface area contributed by atoms with E-state index in [9.17, 15) is 4.79 Å². The van der Waals surface area contributed by atoms with E-state index in [0.717, 1.165) is 61.1 Å². The first-order valence-electron chi connectivity index (χ1n) is 8.84. The van der Waals surface area contributed by atoms with Crippen LogP contribution in [0.4, 0.5) is 0 Å². The molecule has 1 N–H and O–H groups in total. The Morgan fingerprint density at radius 3 is 2.79 bits per heavy atom. The molecule has 5 heteroatoms. The molecule has 0 fully saturated rings. The van der Waals surface area contributed by atoms with Gasteiger partial charge in [0.1, 0.15) is 0 Å². The van der Waals surface area contributed by atoms with Gasteiger partial charge in [0, 0.05) is 14.5 Å². The summed E-state index contributed by atoms with van der Waals surface area (Å²) in [5.41, 5.74) is 4.99. The Morgan fingerprint density at radius 1 is 1.21 bits per heavy atom. The summed E-state index contributed by atoms with van der Waals surface area (Å²) in [7, 11) is 0. The van der Waals surface area contributed by atoms with Gasteiger partial charge in [0.2, 0.25) is 0 Å². The number of hydrogen-bond donors (Lipinski definition) is 1. The van der Waals surface area contributed by atoms with Crippen LogP contribution in [0.3, 0.4) is 0 Å². The molecule has 0 aliphatic heterocycles. The lowest BCUT2D eigenvalue weighted by Gasteiger charge is -2.14. The second kappa shape index (κ2) is 9.30. The molecular formula is C23H19Br2NO2. The monoisotopic (exact) mass is 499 g/mol. The molecule has 0 saturated carbocycles. The first-order chi connectivity index (χ1) is 13.5. The van der Waals surface area contributed by atoms with Gasteiger partial charge in [0.25, 0.3) is 0 Å². The van der Waals surface area contributed by atoms with Gasteiger partial charge in [-0.15, -0.1) is 0 Å². The van der Waals surface area contributed by atoms with Crippen LogP contribution in [0.1, 0.15) is 35.7 Å². The Kier molecular flexibility index (Phi) is 6.81. The van der Waals surface area contributed by atoms with Crippen molar-refractivity contribution in [3.8, 4) is 0 Å². The molecule has 0 radical (unpaired) electrons. The summed E-state index contributed by atoms with van der Waals surface area (Å²) in [6.07, 6.45) is 12.3. The standard InChI is InChI=1S/C23H19Br2NO2/c1-15(12-23(25)19-5-3-2-4-16(19)10-11-26-28)17-6-8-20-21(13-17)18(14-27)7-9-22(20)24/h3,5-14,28H,2,4H2,1H3/b15-12+,16-10+,23-19+,26-11+. The fourth-order valence-corrected chi connectivity index (χ4v) is 4.45. The molecule has 1 aliphatic carbocycles. The van der Waals surface area contributed by atoms with Crippen LogP contribution in [0.2, 0.25) is 0 Å². The molecule has 0 spiro atoms. The van der Waals surface area contributed by atoms with Crippen molar-refractivity contribution in [3.63, 3.8) is 0 Å². The third kappa shape index (κ3) is 4.42. The van der Waals surface area contributed by atoms with Crippen molar-refractivity contribution in [1.29, 1.82) is 0 Å². The van der Waals surface area contributed by atoms with Gasteiger partial charge in [0.15, 0.2) is 6.29 Å². The van der Waals surface area contributed by atoms with E-state index in [4.69, 9.17) is 5.21 Å². The van der Waals surface area contributed by atoms with Crippen LogP contribution in [0.5, 0.6) is 0 Å². The Bertz CT molecular complexity index is 1080. The van der Waals surface area contributed by atoms with Crippen molar-refractivity contribution in [1.82, 2.24) is 0 Å². The predicted molar refractivity (Wildman–Crippen MR) is 123 cm³/mol. The Labute approximate surface area is 181 Å². The molecule has 0 aromatic heterocycles. The topological polar surface area (TPSA) is 49.7 Å². The fourth-order valence-electron chi connectivity index (χ4n) is 3.24. The molecule has 3 rings (SSSR count). The number of oxime groups is 1. The maximum Gasteiger partial charge on any atom is 0.150 e. The highest BCUT2D eigenvalue weighted by Gasteiger charge is 2.11. The summed E-state index contributed by atoms with van der Waals surface area (Å²) < 4.78 is 1.93. The van der Waals surface area contributed by atoms with Crippen LogP contribution in [0, 0.1) is 0 Å². The molecule has 0 atom stereocenters. The van der Waals surface area contributed by atoms with Crippen LogP contribution in [-0.2, 0) is 0 Å². The zero-order chi connectivity index (χ0) is 20.1. The molecule has 3 nitrogen and oxygen atoms in total. The number of hydrogen-bond acceptors (Lipinski definition) is 3. The molecule has 0 amide bonds. The summed E-state index contributed by atoms with van der Waals surface area (Å²) in [5.74, 6) is 0. The summed E-state index contributed by atoms with van der Waals surface area (Å²) in [6.45, 7) is 2.05. The first-order valence-corrected chi connectivity index (χ1v) is 10.4. The maximum atomic E-state index is 11.4. The molecule has 0 saturated heterocycles. The van der Waals surface area contributed by atoms with Crippen LogP contribution in [0.15, 0.2) is 79.9 Å². The minimum atomic E-state index is 0.675. The quantitative estimate of drug-likeness (QED) is 0.209. The van der Waals surface area contributed by atoms with E-state index in [1.165, 1.54) is 6.21 Å². The number of aldehydes is 1. The lowest BCUT2D eigenvalue weighted by Crippen LogP contribution is -1.95. The largest absolute Gasteiger partial charge is 0.411 e. The smallest absolute Gasteiger partial charge is 0.150 e. The van der Waals surface area contributed by atoms with Crippen molar-refractivity contribution in [3.05, 3.63) is 85.9 Å². The van der Waals surface area contributed by atoms with E-state index in [1.54, 1.807) is 0 Å². The van der Waals surface area contributed by atoms with Crippen LogP contribution >= 0.6 is 31.9 Å². The Morgan fingerprint density at radius 2 is 2.04 bits per heavy atom. The van der Waals surface area contributed by atoms with E-state index in [0.29, 0.717) is 5.56 Å². The number of rotatable bonds is 4. The Hall–Kier alpha value is -2.24. The fraction of sp³-hybridized carbons (Fsp3) is 0.130. The van der Waals surface area contributed by atoms with Crippen LogP contribution < -0.4 is 0 Å². The van der Waals surface area contributed by atoms with Crippen molar-refractivity contribution in [2.75, 3.05) is 0 Å². The molecule has 28 heavy (non-hydrogen) atoms. The molecular weight excluding hydrogens is 482 g/mol. The summed E-state index contributed by atoms with van der Waals surface area (Å²) in [6, 6.07) is 9.86. The lowest BCUT2D eigenvalue weighted by atomic mass is 9.94. The minimum absolute atomic E-state index is 0.675. The zero-order valence-corrected chi connectivity index (χ0v) is 18.5. The average Bonchev–Trinajstić information content (AvgIpc) is 2.72. The average molecular weight is 501 g/mol. The molecule has 0 heterocycles. The molecule has 0 unspecified atom stereocenters. The van der Waals surface area contributed by atoms with Gasteiger partial charge in [-0.2, -0.15) is 0 Å². The van der Waals surface area contributed by atoms with Gasteiger partial charge in [-0.05, 0) is 83.2 Å². The highest BCUT2D eigenvalue weighted by atomic mass is 79.9. The third-order valence-electron chi connectivity index (χ3n) is 4.73. The minimum Gasteiger partial charge on any atom is -0.411 e. The van der Waals surface area contributed by atoms with Gasteiger partial charge in [0.05, 0.1) is 6.21 Å². The molecule has 2 aromatic rings. The second-order valence-corrected chi connectivity index (χ2v) is 8.21. The van der Waals surface area contributed by atoms with Gasteiger partial charge in [-0.1, -0.05) is 61.3 Å². The summed E-state index contributed by atoms with van der Waals surface area (Å²) in [5, 5.41) is 13.7. The number of carbonyl (C=O) groups excluding carboxylic acids is 1. The second-order valence-electron chi connectivity index (χ2n) is 6.50. The predicted octanol–water partition coefficient (Wildman–Crippen LogP) is 7.20. The van der Waals surface area contributed by atoms with Gasteiger partial charge < -0.3 is 5.21 Å². The SMILES string of the molecule is C\C(=C/C(Br)=C1/C=CCC/C1=C\C=N\O)c1ccc2c(Br)ccc(C=O)c2c1. The van der Waals surface area contributed by atoms with Crippen molar-refractivity contribution in [2.45, 2.75) is 19.8 Å². The van der Waals surface area contributed by atoms with E-state index >= 15 is 0 Å². The van der Waals surface area contributed by atoms with Crippen molar-refractivity contribution in [2.24, 2.45) is 5.16 Å². The molecule has 2 aromatic carbocycles. The lowest BCUT2D eigenvalue weighted by molar-refractivity contribution is 0.112.